The quantitative estimate of drug-likeness (QED) is 0.776. The number of hydrogen-bond acceptors (Lipinski definition) is 5. The van der Waals surface area contributed by atoms with Gasteiger partial charge in [-0.25, -0.2) is 4.79 Å². The predicted molar refractivity (Wildman–Crippen MR) is 110 cm³/mol. The molecule has 0 saturated carbocycles. The van der Waals surface area contributed by atoms with Gasteiger partial charge in [0.25, 0.3) is 0 Å². The highest BCUT2D eigenvalue weighted by atomic mass is 32.2. The van der Waals surface area contributed by atoms with Crippen molar-refractivity contribution in [2.24, 2.45) is 4.99 Å². The number of rotatable bonds is 4. The highest BCUT2D eigenvalue weighted by molar-refractivity contribution is 8.04. The summed E-state index contributed by atoms with van der Waals surface area (Å²) in [4.78, 5) is 46.3. The Kier molecular flexibility index (Phi) is 5.21. The summed E-state index contributed by atoms with van der Waals surface area (Å²) in [5.41, 5.74) is 2.90. The molecule has 0 aliphatic carbocycles. The molecule has 1 aromatic rings. The van der Waals surface area contributed by atoms with Gasteiger partial charge in [-0.15, -0.1) is 11.8 Å². The van der Waals surface area contributed by atoms with Gasteiger partial charge < -0.3 is 9.80 Å². The number of carbonyl (C=O) groups is 3. The summed E-state index contributed by atoms with van der Waals surface area (Å²) in [6.45, 7) is 4.98. The zero-order chi connectivity index (χ0) is 19.7. The van der Waals surface area contributed by atoms with E-state index in [1.54, 1.807) is 11.5 Å². The number of aliphatic imine (C=N–C) groups is 1. The molecule has 1 atom stereocenters. The van der Waals surface area contributed by atoms with Gasteiger partial charge in [0, 0.05) is 44.8 Å². The molecule has 0 bridgehead atoms. The average Bonchev–Trinajstić information content (AvgIpc) is 3.16. The molecule has 1 saturated heterocycles. The Hall–Kier alpha value is -2.61. The number of urea groups is 1. The van der Waals surface area contributed by atoms with Gasteiger partial charge in [-0.3, -0.25) is 14.5 Å². The summed E-state index contributed by atoms with van der Waals surface area (Å²) in [6.07, 6.45) is 1.83. The van der Waals surface area contributed by atoms with E-state index in [0.29, 0.717) is 18.8 Å². The van der Waals surface area contributed by atoms with Crippen LogP contribution in [-0.4, -0.2) is 71.3 Å². The van der Waals surface area contributed by atoms with E-state index in [4.69, 9.17) is 0 Å². The summed E-state index contributed by atoms with van der Waals surface area (Å²) in [6, 6.07) is 7.78. The monoisotopic (exact) mass is 398 g/mol. The normalized spacial score (nSPS) is 21.8. The van der Waals surface area contributed by atoms with Crippen molar-refractivity contribution in [3.05, 3.63) is 41.3 Å². The molecule has 0 aromatic heterocycles. The molecule has 8 heteroatoms. The Morgan fingerprint density at radius 1 is 1.21 bits per heavy atom. The number of anilines is 1. The summed E-state index contributed by atoms with van der Waals surface area (Å²) < 4.78 is 0. The Balaban J connectivity index is 1.29. The molecule has 7 nitrogen and oxygen atoms in total. The van der Waals surface area contributed by atoms with E-state index >= 15 is 0 Å². The van der Waals surface area contributed by atoms with E-state index < -0.39 is 11.3 Å². The maximum absolute atomic E-state index is 12.6. The number of thioether (sulfide) groups is 1. The first-order valence-electron chi connectivity index (χ1n) is 9.38. The van der Waals surface area contributed by atoms with Crippen molar-refractivity contribution in [1.82, 2.24) is 9.80 Å². The minimum Gasteiger partial charge on any atom is -0.368 e. The lowest BCUT2D eigenvalue weighted by Gasteiger charge is -2.36. The second-order valence-corrected chi connectivity index (χ2v) is 8.10. The molecule has 4 rings (SSSR count). The molecule has 0 spiro atoms. The van der Waals surface area contributed by atoms with Crippen LogP contribution in [0, 0.1) is 6.92 Å². The average molecular weight is 398 g/mol. The van der Waals surface area contributed by atoms with Crippen molar-refractivity contribution in [3.8, 4) is 0 Å². The number of benzene rings is 1. The third-order valence-electron chi connectivity index (χ3n) is 5.22. The number of imide groups is 1. The molecule has 146 valence electrons. The van der Waals surface area contributed by atoms with Crippen LogP contribution in [0.3, 0.4) is 0 Å². The molecule has 1 unspecified atom stereocenters. The summed E-state index contributed by atoms with van der Waals surface area (Å²) in [7, 11) is 0. The standard InChI is InChI=1S/C20H22N4O3S/c1-14-3-2-4-15(13-14)22-8-10-23(11-9-22)17(25)5-7-24-19(26)18-16(6-12-28-18)21-20(24)27/h2-4,6,12-13,18H,5,7-11H2,1H3. The lowest BCUT2D eigenvalue weighted by atomic mass is 10.1. The van der Waals surface area contributed by atoms with Gasteiger partial charge in [0.05, 0.1) is 5.71 Å². The lowest BCUT2D eigenvalue weighted by Crippen LogP contribution is -2.51. The third-order valence-corrected chi connectivity index (χ3v) is 6.23. The van der Waals surface area contributed by atoms with Crippen molar-refractivity contribution in [3.63, 3.8) is 0 Å². The van der Waals surface area contributed by atoms with Gasteiger partial charge >= 0.3 is 6.03 Å². The summed E-state index contributed by atoms with van der Waals surface area (Å²) in [5, 5.41) is 1.34. The van der Waals surface area contributed by atoms with Crippen molar-refractivity contribution >= 4 is 41.0 Å². The van der Waals surface area contributed by atoms with E-state index in [-0.39, 0.29) is 24.8 Å². The van der Waals surface area contributed by atoms with Gasteiger partial charge in [0.1, 0.15) is 5.25 Å². The van der Waals surface area contributed by atoms with Crippen molar-refractivity contribution in [1.29, 1.82) is 0 Å². The van der Waals surface area contributed by atoms with Gasteiger partial charge in [-0.2, -0.15) is 4.99 Å². The molecule has 1 aromatic carbocycles. The number of fused-ring (bicyclic) bond motifs is 1. The van der Waals surface area contributed by atoms with Crippen LogP contribution in [0.1, 0.15) is 12.0 Å². The van der Waals surface area contributed by atoms with Gasteiger partial charge in [0.2, 0.25) is 11.8 Å². The van der Waals surface area contributed by atoms with Crippen LogP contribution in [0.5, 0.6) is 0 Å². The molecule has 3 aliphatic heterocycles. The first kappa shape index (κ1) is 18.7. The molecule has 0 radical (unpaired) electrons. The number of nitrogens with zero attached hydrogens (tertiary/aromatic N) is 4. The zero-order valence-electron chi connectivity index (χ0n) is 15.7. The molecule has 3 heterocycles. The maximum Gasteiger partial charge on any atom is 0.350 e. The predicted octanol–water partition coefficient (Wildman–Crippen LogP) is 2.07. The minimum atomic E-state index is -0.569. The number of allylic oxidation sites excluding steroid dienone is 1. The van der Waals surface area contributed by atoms with Crippen LogP contribution in [0.4, 0.5) is 10.5 Å². The SMILES string of the molecule is Cc1cccc(N2CCN(C(=O)CCN3C(=O)N=C4C=CSC4C3=O)CC2)c1. The highest BCUT2D eigenvalue weighted by Crippen LogP contribution is 2.28. The van der Waals surface area contributed by atoms with Crippen molar-refractivity contribution < 1.29 is 14.4 Å². The summed E-state index contributed by atoms with van der Waals surface area (Å²) in [5.74, 6) is -0.307. The van der Waals surface area contributed by atoms with Crippen molar-refractivity contribution in [2.75, 3.05) is 37.6 Å². The smallest absolute Gasteiger partial charge is 0.350 e. The molecular formula is C20H22N4O3S. The topological polar surface area (TPSA) is 73.3 Å². The van der Waals surface area contributed by atoms with Gasteiger partial charge in [0.15, 0.2) is 0 Å². The third kappa shape index (κ3) is 3.69. The number of aryl methyl sites for hydroxylation is 1. The Bertz CT molecular complexity index is 874. The fourth-order valence-corrected chi connectivity index (χ4v) is 4.53. The molecule has 3 aliphatic rings. The summed E-state index contributed by atoms with van der Waals surface area (Å²) >= 11 is 1.35. The van der Waals surface area contributed by atoms with Crippen LogP contribution in [-0.2, 0) is 9.59 Å². The minimum absolute atomic E-state index is 0.0310. The largest absolute Gasteiger partial charge is 0.368 e. The van der Waals surface area contributed by atoms with E-state index in [2.05, 4.69) is 35.0 Å². The van der Waals surface area contributed by atoms with Crippen LogP contribution in [0.2, 0.25) is 0 Å². The Morgan fingerprint density at radius 2 is 2.00 bits per heavy atom. The highest BCUT2D eigenvalue weighted by Gasteiger charge is 2.38. The first-order valence-corrected chi connectivity index (χ1v) is 10.3. The number of piperazine rings is 1. The molecule has 4 amide bonds. The molecule has 28 heavy (non-hydrogen) atoms. The van der Waals surface area contributed by atoms with Crippen LogP contribution < -0.4 is 4.90 Å². The zero-order valence-corrected chi connectivity index (χ0v) is 16.5. The van der Waals surface area contributed by atoms with Crippen LogP contribution in [0.15, 0.2) is 40.7 Å². The van der Waals surface area contributed by atoms with Crippen LogP contribution in [0.25, 0.3) is 0 Å². The van der Waals surface area contributed by atoms with E-state index in [9.17, 15) is 14.4 Å². The lowest BCUT2D eigenvalue weighted by molar-refractivity contribution is -0.132. The van der Waals surface area contributed by atoms with E-state index in [1.165, 1.54) is 23.0 Å². The fourth-order valence-electron chi connectivity index (χ4n) is 3.64. The molecule has 1 fully saturated rings. The van der Waals surface area contributed by atoms with Crippen LogP contribution >= 0.6 is 11.8 Å². The van der Waals surface area contributed by atoms with Gasteiger partial charge in [-0.05, 0) is 36.1 Å². The molecule has 0 N–H and O–H groups in total. The number of hydrogen-bond donors (Lipinski definition) is 0. The maximum atomic E-state index is 12.6. The van der Waals surface area contributed by atoms with E-state index in [1.807, 2.05) is 11.0 Å². The fraction of sp³-hybridized carbons (Fsp3) is 0.400. The molecular weight excluding hydrogens is 376 g/mol. The van der Waals surface area contributed by atoms with Gasteiger partial charge in [-0.1, -0.05) is 12.1 Å². The number of amides is 4. The Morgan fingerprint density at radius 3 is 2.75 bits per heavy atom. The second kappa shape index (κ2) is 7.79. The van der Waals surface area contributed by atoms with E-state index in [0.717, 1.165) is 18.0 Å². The van der Waals surface area contributed by atoms with Crippen molar-refractivity contribution in [2.45, 2.75) is 18.6 Å². The second-order valence-electron chi connectivity index (χ2n) is 7.08. The Labute approximate surface area is 168 Å². The first-order chi connectivity index (χ1) is 13.5. The number of carbonyl (C=O) groups excluding carboxylic acids is 3.